The SMILES string of the molecule is CCC1(CCCCCl)C(=O)N(F)c2c(Cl)cccc21. The van der Waals surface area contributed by atoms with Crippen molar-refractivity contribution in [1.29, 1.82) is 0 Å². The van der Waals surface area contributed by atoms with Gasteiger partial charge in [0.05, 0.1) is 10.4 Å². The number of amides is 1. The van der Waals surface area contributed by atoms with E-state index < -0.39 is 11.3 Å². The van der Waals surface area contributed by atoms with E-state index in [0.29, 0.717) is 24.3 Å². The van der Waals surface area contributed by atoms with Crippen LogP contribution in [0, 0.1) is 0 Å². The molecule has 1 aromatic rings. The molecule has 0 bridgehead atoms. The fraction of sp³-hybridized carbons (Fsp3) is 0.500. The summed E-state index contributed by atoms with van der Waals surface area (Å²) in [4.78, 5) is 12.3. The Hall–Kier alpha value is -0.800. The van der Waals surface area contributed by atoms with Gasteiger partial charge in [-0.15, -0.1) is 16.7 Å². The van der Waals surface area contributed by atoms with Gasteiger partial charge in [0.1, 0.15) is 5.69 Å². The minimum absolute atomic E-state index is 0.210. The maximum absolute atomic E-state index is 14.1. The Morgan fingerprint density at radius 3 is 2.74 bits per heavy atom. The number of hydrogen-bond donors (Lipinski definition) is 0. The summed E-state index contributed by atoms with van der Waals surface area (Å²) < 4.78 is 14.1. The van der Waals surface area contributed by atoms with Crippen LogP contribution in [0.1, 0.15) is 38.2 Å². The zero-order valence-corrected chi connectivity index (χ0v) is 12.3. The predicted octanol–water partition coefficient (Wildman–Crippen LogP) is 4.63. The molecule has 0 aliphatic carbocycles. The minimum Gasteiger partial charge on any atom is -0.271 e. The number of nitrogens with zero attached hydrogens (tertiary/aromatic N) is 1. The maximum atomic E-state index is 14.1. The fourth-order valence-corrected chi connectivity index (χ4v) is 3.22. The first kappa shape index (κ1) is 14.6. The largest absolute Gasteiger partial charge is 0.271 e. The quantitative estimate of drug-likeness (QED) is 0.441. The van der Waals surface area contributed by atoms with Crippen molar-refractivity contribution in [1.82, 2.24) is 0 Å². The number of halogens is 3. The summed E-state index contributed by atoms with van der Waals surface area (Å²) in [6.45, 7) is 1.91. The van der Waals surface area contributed by atoms with Crippen LogP contribution in [0.3, 0.4) is 0 Å². The first-order valence-electron chi connectivity index (χ1n) is 6.43. The van der Waals surface area contributed by atoms with Crippen LogP contribution in [0.15, 0.2) is 18.2 Å². The number of anilines is 1. The van der Waals surface area contributed by atoms with Crippen LogP contribution in [-0.2, 0) is 10.2 Å². The molecule has 0 aromatic heterocycles. The van der Waals surface area contributed by atoms with Gasteiger partial charge >= 0.3 is 0 Å². The summed E-state index contributed by atoms with van der Waals surface area (Å²) in [7, 11) is 0. The average molecular weight is 304 g/mol. The van der Waals surface area contributed by atoms with Crippen LogP contribution in [0.5, 0.6) is 0 Å². The van der Waals surface area contributed by atoms with E-state index in [1.807, 2.05) is 6.92 Å². The number of unbranched alkanes of at least 4 members (excludes halogenated alkanes) is 1. The molecule has 2 nitrogen and oxygen atoms in total. The number of hydrogen-bond acceptors (Lipinski definition) is 1. The third kappa shape index (κ3) is 2.23. The lowest BCUT2D eigenvalue weighted by Gasteiger charge is -2.25. The molecular weight excluding hydrogens is 288 g/mol. The standard InChI is InChI=1S/C14H16Cl2FNO/c1-2-14(8-3-4-9-15)10-6-5-7-11(16)12(10)18(17)13(14)19/h5-7H,2-4,8-9H2,1H3. The van der Waals surface area contributed by atoms with Gasteiger partial charge in [-0.1, -0.05) is 41.6 Å². The fourth-order valence-electron chi connectivity index (χ4n) is 2.79. The smallest absolute Gasteiger partial charge is 0.265 e. The van der Waals surface area contributed by atoms with E-state index in [1.165, 1.54) is 0 Å². The van der Waals surface area contributed by atoms with Gasteiger partial charge < -0.3 is 0 Å². The number of carbonyl (C=O) groups excluding carboxylic acids is 1. The molecule has 19 heavy (non-hydrogen) atoms. The van der Waals surface area contributed by atoms with E-state index in [0.717, 1.165) is 12.8 Å². The van der Waals surface area contributed by atoms with E-state index in [1.54, 1.807) is 18.2 Å². The zero-order chi connectivity index (χ0) is 14.0. The van der Waals surface area contributed by atoms with Crippen LogP contribution in [0.2, 0.25) is 5.02 Å². The van der Waals surface area contributed by atoms with Gasteiger partial charge in [0.25, 0.3) is 5.91 Å². The second-order valence-electron chi connectivity index (χ2n) is 4.80. The van der Waals surface area contributed by atoms with Crippen LogP contribution in [0.4, 0.5) is 10.2 Å². The normalized spacial score (nSPS) is 21.9. The Balaban J connectivity index is 2.45. The van der Waals surface area contributed by atoms with E-state index in [9.17, 15) is 9.28 Å². The third-order valence-electron chi connectivity index (χ3n) is 3.88. The summed E-state index contributed by atoms with van der Waals surface area (Å²) in [6.07, 6.45) is 2.77. The molecule has 1 aliphatic rings. The summed E-state index contributed by atoms with van der Waals surface area (Å²) in [5.74, 6) is 0.0445. The Kier molecular flexibility index (Phi) is 4.36. The monoisotopic (exact) mass is 303 g/mol. The summed E-state index contributed by atoms with van der Waals surface area (Å²) >= 11 is 11.7. The molecule has 0 saturated heterocycles. The van der Waals surface area contributed by atoms with Crippen molar-refractivity contribution in [3.63, 3.8) is 0 Å². The number of carbonyl (C=O) groups is 1. The lowest BCUT2D eigenvalue weighted by molar-refractivity contribution is -0.126. The van der Waals surface area contributed by atoms with Gasteiger partial charge in [0, 0.05) is 5.88 Å². The van der Waals surface area contributed by atoms with Crippen molar-refractivity contribution in [3.8, 4) is 0 Å². The van der Waals surface area contributed by atoms with Gasteiger partial charge in [-0.25, -0.2) is 0 Å². The van der Waals surface area contributed by atoms with Crippen LogP contribution < -0.4 is 5.12 Å². The molecule has 5 heteroatoms. The third-order valence-corrected chi connectivity index (χ3v) is 4.45. The number of benzene rings is 1. The predicted molar refractivity (Wildman–Crippen MR) is 76.6 cm³/mol. The molecule has 0 spiro atoms. The van der Waals surface area contributed by atoms with Gasteiger partial charge in [-0.2, -0.15) is 0 Å². The number of alkyl halides is 1. The molecule has 2 rings (SSSR count). The second-order valence-corrected chi connectivity index (χ2v) is 5.59. The highest BCUT2D eigenvalue weighted by molar-refractivity contribution is 6.34. The van der Waals surface area contributed by atoms with Crippen LogP contribution in [-0.4, -0.2) is 11.8 Å². The van der Waals surface area contributed by atoms with Crippen molar-refractivity contribution in [3.05, 3.63) is 28.8 Å². The molecule has 1 aromatic carbocycles. The Bertz CT molecular complexity index is 494. The molecule has 0 radical (unpaired) electrons. The summed E-state index contributed by atoms with van der Waals surface area (Å²) in [5.41, 5.74) is 0.118. The highest BCUT2D eigenvalue weighted by atomic mass is 35.5. The van der Waals surface area contributed by atoms with Gasteiger partial charge in [0.15, 0.2) is 0 Å². The second kappa shape index (κ2) is 5.68. The summed E-state index contributed by atoms with van der Waals surface area (Å²) in [5, 5.41) is 0.489. The van der Waals surface area contributed by atoms with E-state index >= 15 is 0 Å². The highest BCUT2D eigenvalue weighted by Gasteiger charge is 2.50. The number of para-hydroxylation sites is 1. The highest BCUT2D eigenvalue weighted by Crippen LogP contribution is 2.49. The molecule has 104 valence electrons. The molecule has 1 atom stereocenters. The maximum Gasteiger partial charge on any atom is 0.265 e. The van der Waals surface area contributed by atoms with Gasteiger partial charge in [-0.05, 0) is 30.9 Å². The average Bonchev–Trinajstić information content (AvgIpc) is 2.62. The molecule has 1 heterocycles. The molecule has 1 aliphatic heterocycles. The van der Waals surface area contributed by atoms with Crippen molar-refractivity contribution in [2.75, 3.05) is 11.0 Å². The van der Waals surface area contributed by atoms with E-state index in [4.69, 9.17) is 23.2 Å². The van der Waals surface area contributed by atoms with Crippen molar-refractivity contribution in [2.24, 2.45) is 0 Å². The summed E-state index contributed by atoms with van der Waals surface area (Å²) in [6, 6.07) is 5.16. The lowest BCUT2D eigenvalue weighted by atomic mass is 9.75. The van der Waals surface area contributed by atoms with Gasteiger partial charge in [0.2, 0.25) is 0 Å². The van der Waals surface area contributed by atoms with E-state index in [2.05, 4.69) is 0 Å². The van der Waals surface area contributed by atoms with Crippen LogP contribution >= 0.6 is 23.2 Å². The molecule has 0 saturated carbocycles. The van der Waals surface area contributed by atoms with Crippen LogP contribution in [0.25, 0.3) is 0 Å². The van der Waals surface area contributed by atoms with Crippen molar-refractivity contribution in [2.45, 2.75) is 38.0 Å². The molecule has 1 amide bonds. The zero-order valence-electron chi connectivity index (χ0n) is 10.8. The minimum atomic E-state index is -0.791. The lowest BCUT2D eigenvalue weighted by Crippen LogP contribution is -2.36. The van der Waals surface area contributed by atoms with Crippen molar-refractivity contribution < 1.29 is 9.28 Å². The molecular formula is C14H16Cl2FNO. The Morgan fingerprint density at radius 1 is 1.37 bits per heavy atom. The molecule has 0 fully saturated rings. The van der Waals surface area contributed by atoms with Gasteiger partial charge in [-0.3, -0.25) is 4.79 Å². The first-order chi connectivity index (χ1) is 9.08. The van der Waals surface area contributed by atoms with E-state index in [-0.39, 0.29) is 15.8 Å². The first-order valence-corrected chi connectivity index (χ1v) is 7.35. The number of rotatable bonds is 5. The number of fused-ring (bicyclic) bond motifs is 1. The van der Waals surface area contributed by atoms with Crippen molar-refractivity contribution >= 4 is 34.8 Å². The Labute approximate surface area is 122 Å². The Morgan fingerprint density at radius 2 is 2.11 bits per heavy atom. The molecule has 0 N–H and O–H groups in total. The molecule has 1 unspecified atom stereocenters. The topological polar surface area (TPSA) is 20.3 Å².